The predicted octanol–water partition coefficient (Wildman–Crippen LogP) is 2.90. The first-order chi connectivity index (χ1) is 28.5. The van der Waals surface area contributed by atoms with Gasteiger partial charge in [0.15, 0.2) is 0 Å². The third-order valence-electron chi connectivity index (χ3n) is 9.23. The molecule has 0 radical (unpaired) electrons. The van der Waals surface area contributed by atoms with Gasteiger partial charge < -0.3 is 59.7 Å². The molecule has 17 nitrogen and oxygen atoms in total. The number of nitrogens with zero attached hydrogens (tertiary/aromatic N) is 3. The highest BCUT2D eigenvalue weighted by Gasteiger charge is 2.44. The van der Waals surface area contributed by atoms with Crippen molar-refractivity contribution in [2.75, 3.05) is 92.2 Å². The number of aromatic nitrogens is 1. The summed E-state index contributed by atoms with van der Waals surface area (Å²) in [6, 6.07) is 5.97. The fourth-order valence-electron chi connectivity index (χ4n) is 6.10. The van der Waals surface area contributed by atoms with Crippen LogP contribution in [0.15, 0.2) is 29.8 Å². The first-order valence-electron chi connectivity index (χ1n) is 20.6. The maximum atomic E-state index is 14.0. The van der Waals surface area contributed by atoms with Gasteiger partial charge in [0.1, 0.15) is 17.7 Å². The van der Waals surface area contributed by atoms with Crippen LogP contribution in [0.25, 0.3) is 10.4 Å². The van der Waals surface area contributed by atoms with E-state index >= 15 is 0 Å². The molecule has 1 fully saturated rings. The fourth-order valence-corrected chi connectivity index (χ4v) is 6.91. The van der Waals surface area contributed by atoms with E-state index in [0.717, 1.165) is 21.7 Å². The molecule has 3 rings (SSSR count). The van der Waals surface area contributed by atoms with Crippen LogP contribution in [0.1, 0.15) is 65.6 Å². The average Bonchev–Trinajstić information content (AvgIpc) is 3.80. The van der Waals surface area contributed by atoms with E-state index in [2.05, 4.69) is 15.6 Å². The molecule has 2 aromatic rings. The molecule has 1 saturated heterocycles. The van der Waals surface area contributed by atoms with Crippen molar-refractivity contribution >= 4 is 35.2 Å². The van der Waals surface area contributed by atoms with Crippen molar-refractivity contribution in [2.45, 2.75) is 91.6 Å². The number of nitrogens with one attached hydrogen (secondary N) is 2. The Bertz CT molecular complexity index is 1600. The highest BCUT2D eigenvalue weighted by Crippen LogP contribution is 2.28. The largest absolute Gasteiger partial charge is 0.444 e. The van der Waals surface area contributed by atoms with Gasteiger partial charge in [-0.05, 0) is 44.2 Å². The van der Waals surface area contributed by atoms with E-state index in [4.69, 9.17) is 34.2 Å². The minimum atomic E-state index is -0.971. The number of carbonyl (C=O) groups is 4. The van der Waals surface area contributed by atoms with E-state index in [-0.39, 0.29) is 64.7 Å². The Morgan fingerprint density at radius 1 is 0.883 bits per heavy atom. The lowest BCUT2D eigenvalue weighted by atomic mass is 9.85. The topological polar surface area (TPSA) is 213 Å². The molecule has 1 aromatic carbocycles. The van der Waals surface area contributed by atoms with Gasteiger partial charge in [0, 0.05) is 45.6 Å². The van der Waals surface area contributed by atoms with Crippen molar-refractivity contribution in [1.82, 2.24) is 25.4 Å². The second-order valence-electron chi connectivity index (χ2n) is 16.5. The van der Waals surface area contributed by atoms with Crippen LogP contribution in [0.4, 0.5) is 4.79 Å². The molecular formula is C42H68N6O11S. The number of carbonyl (C=O) groups excluding carboxylic acids is 4. The molecule has 1 aliphatic heterocycles. The standard InChI is InChI=1S/C42H68N6O11S/c1-30-36(60-29-45-30)32-10-8-31(9-11-32)27-44-38(51)34-26-33(49)28-48(34)39(52)37(41(2,3)4)46-35(50)12-16-54-18-14-47(40(53)59-42(5,6)7)15-19-56-21-23-58-25-24-57-22-20-55-17-13-43/h8-11,29,33-34,37,49H,12-28,43H2,1-7H3,(H,44,51)(H,46,50). The van der Waals surface area contributed by atoms with Crippen LogP contribution >= 0.6 is 11.3 Å². The Balaban J connectivity index is 1.43. The molecule has 1 aliphatic rings. The summed E-state index contributed by atoms with van der Waals surface area (Å²) in [4.78, 5) is 61.7. The Kier molecular flexibility index (Phi) is 21.8. The zero-order chi connectivity index (χ0) is 44.1. The van der Waals surface area contributed by atoms with Gasteiger partial charge in [-0.3, -0.25) is 14.4 Å². The Labute approximate surface area is 358 Å². The van der Waals surface area contributed by atoms with E-state index in [1.807, 2.05) is 57.5 Å². The van der Waals surface area contributed by atoms with Gasteiger partial charge in [-0.1, -0.05) is 45.0 Å². The third-order valence-corrected chi connectivity index (χ3v) is 10.2. The van der Waals surface area contributed by atoms with Crippen LogP contribution in [0.2, 0.25) is 0 Å². The molecule has 60 heavy (non-hydrogen) atoms. The number of benzene rings is 1. The maximum Gasteiger partial charge on any atom is 0.410 e. The highest BCUT2D eigenvalue weighted by molar-refractivity contribution is 7.13. The van der Waals surface area contributed by atoms with Gasteiger partial charge in [0.25, 0.3) is 0 Å². The normalized spacial score (nSPS) is 16.1. The molecular weight excluding hydrogens is 797 g/mol. The molecule has 0 saturated carbocycles. The fraction of sp³-hybridized carbons (Fsp3) is 0.690. The van der Waals surface area contributed by atoms with Gasteiger partial charge >= 0.3 is 6.09 Å². The molecule has 0 bridgehead atoms. The van der Waals surface area contributed by atoms with Gasteiger partial charge in [-0.15, -0.1) is 11.3 Å². The van der Waals surface area contributed by atoms with E-state index in [1.54, 1.807) is 32.1 Å². The average molecular weight is 865 g/mol. The predicted molar refractivity (Wildman–Crippen MR) is 227 cm³/mol. The molecule has 338 valence electrons. The molecule has 2 heterocycles. The lowest BCUT2D eigenvalue weighted by Crippen LogP contribution is -2.57. The summed E-state index contributed by atoms with van der Waals surface area (Å²) in [5.74, 6) is -1.24. The van der Waals surface area contributed by atoms with E-state index < -0.39 is 47.1 Å². The molecule has 18 heteroatoms. The van der Waals surface area contributed by atoms with Gasteiger partial charge in [0.2, 0.25) is 17.7 Å². The van der Waals surface area contributed by atoms with Gasteiger partial charge in [0.05, 0.1) is 88.3 Å². The minimum Gasteiger partial charge on any atom is -0.444 e. The highest BCUT2D eigenvalue weighted by atomic mass is 32.1. The number of hydrogen-bond acceptors (Lipinski definition) is 14. The minimum absolute atomic E-state index is 0.0270. The summed E-state index contributed by atoms with van der Waals surface area (Å²) in [6.07, 6.45) is -1.36. The summed E-state index contributed by atoms with van der Waals surface area (Å²) in [5, 5.41) is 16.3. The zero-order valence-corrected chi connectivity index (χ0v) is 37.3. The number of nitrogens with two attached hydrogens (primary N) is 1. The monoisotopic (exact) mass is 864 g/mol. The number of aliphatic hydroxyl groups excluding tert-OH is 1. The number of rotatable bonds is 26. The second kappa shape index (κ2) is 25.9. The number of β-amino-alcohol motifs (C(OH)–C–C–N with tert-alkyl or cyclic N) is 1. The van der Waals surface area contributed by atoms with Crippen LogP contribution in [0, 0.1) is 12.3 Å². The summed E-state index contributed by atoms with van der Waals surface area (Å²) >= 11 is 1.57. The van der Waals surface area contributed by atoms with E-state index in [1.165, 1.54) is 9.80 Å². The summed E-state index contributed by atoms with van der Waals surface area (Å²) in [7, 11) is 0. The third kappa shape index (κ3) is 18.5. The van der Waals surface area contributed by atoms with Crippen LogP contribution in [-0.2, 0) is 49.3 Å². The molecule has 5 N–H and O–H groups in total. The van der Waals surface area contributed by atoms with Crippen LogP contribution in [0.5, 0.6) is 0 Å². The number of amides is 4. The SMILES string of the molecule is Cc1ncsc1-c1ccc(CNC(=O)C2CC(O)CN2C(=O)C(NC(=O)CCOCCN(CCOCCOCCOCCOCCN)C(=O)OC(C)(C)C)C(C)(C)C)cc1. The van der Waals surface area contributed by atoms with Gasteiger partial charge in [-0.25, -0.2) is 9.78 Å². The smallest absolute Gasteiger partial charge is 0.410 e. The molecule has 3 unspecified atom stereocenters. The summed E-state index contributed by atoms with van der Waals surface area (Å²) < 4.78 is 33.1. The van der Waals surface area contributed by atoms with Crippen molar-refractivity contribution in [3.8, 4) is 10.4 Å². The van der Waals surface area contributed by atoms with Crippen molar-refractivity contribution in [2.24, 2.45) is 11.1 Å². The van der Waals surface area contributed by atoms with Crippen molar-refractivity contribution < 1.29 is 52.7 Å². The Hall–Kier alpha value is -3.75. The quantitative estimate of drug-likeness (QED) is 0.100. The molecule has 0 spiro atoms. The van der Waals surface area contributed by atoms with Gasteiger partial charge in [-0.2, -0.15) is 0 Å². The zero-order valence-electron chi connectivity index (χ0n) is 36.5. The van der Waals surface area contributed by atoms with Crippen molar-refractivity contribution in [3.63, 3.8) is 0 Å². The number of ether oxygens (including phenoxy) is 6. The first kappa shape index (κ1) is 50.6. The number of likely N-dealkylation sites (tertiary alicyclic amines) is 1. The number of thiazole rings is 1. The maximum absolute atomic E-state index is 14.0. The number of aryl methyl sites for hydroxylation is 1. The summed E-state index contributed by atoms with van der Waals surface area (Å²) in [6.45, 7) is 17.4. The number of hydrogen-bond donors (Lipinski definition) is 4. The second-order valence-corrected chi connectivity index (χ2v) is 17.4. The lowest BCUT2D eigenvalue weighted by molar-refractivity contribution is -0.144. The molecule has 4 amide bonds. The van der Waals surface area contributed by atoms with E-state index in [0.29, 0.717) is 52.8 Å². The Morgan fingerprint density at radius 2 is 1.45 bits per heavy atom. The molecule has 3 atom stereocenters. The summed E-state index contributed by atoms with van der Waals surface area (Å²) in [5.41, 5.74) is 8.66. The lowest BCUT2D eigenvalue weighted by Gasteiger charge is -2.35. The van der Waals surface area contributed by atoms with Crippen LogP contribution in [0.3, 0.4) is 0 Å². The Morgan fingerprint density at radius 3 is 1.98 bits per heavy atom. The van der Waals surface area contributed by atoms with E-state index in [9.17, 15) is 24.3 Å². The number of aliphatic hydroxyl groups is 1. The molecule has 1 aromatic heterocycles. The van der Waals surface area contributed by atoms with Crippen LogP contribution in [-0.4, -0.2) is 160 Å². The molecule has 0 aliphatic carbocycles. The first-order valence-corrected chi connectivity index (χ1v) is 21.5. The van der Waals surface area contributed by atoms with Crippen molar-refractivity contribution in [3.05, 3.63) is 41.0 Å². The van der Waals surface area contributed by atoms with Crippen molar-refractivity contribution in [1.29, 1.82) is 0 Å². The van der Waals surface area contributed by atoms with Crippen LogP contribution < -0.4 is 16.4 Å².